The number of nitrogens with zero attached hydrogens (tertiary/aromatic N) is 4. The maximum atomic E-state index is 16.4. The van der Waals surface area contributed by atoms with Crippen molar-refractivity contribution in [1.82, 2.24) is 19.5 Å². The van der Waals surface area contributed by atoms with Crippen molar-refractivity contribution in [3.05, 3.63) is 108 Å². The largest absolute Gasteiger partial charge is 0.505 e. The molecule has 0 spiro atoms. The first kappa shape index (κ1) is 33.9. The Morgan fingerprint density at radius 1 is 1.04 bits per heavy atom. The zero-order chi connectivity index (χ0) is 34.8. The van der Waals surface area contributed by atoms with Crippen molar-refractivity contribution in [3.8, 4) is 24.0 Å². The van der Waals surface area contributed by atoms with E-state index in [2.05, 4.69) is 15.3 Å². The van der Waals surface area contributed by atoms with Gasteiger partial charge in [0.25, 0.3) is 5.85 Å². The third kappa shape index (κ3) is 5.98. The van der Waals surface area contributed by atoms with E-state index in [1.165, 1.54) is 6.66 Å². The topological polar surface area (TPSA) is 130 Å². The maximum absolute atomic E-state index is 16.4. The Kier molecular flexibility index (Phi) is 9.33. The van der Waals surface area contributed by atoms with Crippen LogP contribution in [0.3, 0.4) is 0 Å². The van der Waals surface area contributed by atoms with Gasteiger partial charge in [0.2, 0.25) is 17.5 Å². The predicted octanol–water partition coefficient (Wildman–Crippen LogP) is 5.92. The number of benzene rings is 3. The molecule has 252 valence electrons. The van der Waals surface area contributed by atoms with E-state index in [1.54, 1.807) is 14.0 Å². The molecule has 3 aromatic carbocycles. The van der Waals surface area contributed by atoms with Gasteiger partial charge in [0.1, 0.15) is 11.3 Å². The van der Waals surface area contributed by atoms with Crippen molar-refractivity contribution in [2.24, 2.45) is 0 Å². The van der Waals surface area contributed by atoms with Crippen LogP contribution in [0.15, 0.2) is 91.3 Å². The van der Waals surface area contributed by atoms with Gasteiger partial charge in [-0.2, -0.15) is 9.97 Å². The van der Waals surface area contributed by atoms with E-state index < -0.39 is 44.0 Å². The fourth-order valence-electron chi connectivity index (χ4n) is 5.94. The minimum atomic E-state index is -3.15. The lowest BCUT2D eigenvalue weighted by molar-refractivity contribution is -0.201. The number of aliphatic hydroxyl groups excluding tert-OH is 1. The lowest BCUT2D eigenvalue weighted by Gasteiger charge is -2.37. The normalized spacial score (nSPS) is 22.4. The third-order valence-electron chi connectivity index (χ3n) is 8.30. The first-order chi connectivity index (χ1) is 23.6. The Bertz CT molecular complexity index is 1960. The Balaban J connectivity index is 1.55. The van der Waals surface area contributed by atoms with Gasteiger partial charge in [0.15, 0.2) is 36.8 Å². The third-order valence-corrected chi connectivity index (χ3v) is 8.79. The number of fused-ring (bicyclic) bond motifs is 1. The van der Waals surface area contributed by atoms with E-state index >= 15 is 8.78 Å². The summed E-state index contributed by atoms with van der Waals surface area (Å²) in [6.07, 6.45) is 2.21. The molecule has 1 unspecified atom stereocenters. The van der Waals surface area contributed by atoms with Crippen LogP contribution in [-0.4, -0.2) is 69.2 Å². The van der Waals surface area contributed by atoms with Gasteiger partial charge < -0.3 is 24.6 Å². The van der Waals surface area contributed by atoms with Gasteiger partial charge in [-0.15, -0.1) is 10.9 Å². The number of hydrogen-bond acceptors (Lipinski definition) is 10. The summed E-state index contributed by atoms with van der Waals surface area (Å²) in [5, 5.41) is 14.3. The number of rotatable bonds is 12. The van der Waals surface area contributed by atoms with Gasteiger partial charge in [-0.05, 0) is 40.3 Å². The highest BCUT2D eigenvalue weighted by atomic mass is 31.1. The van der Waals surface area contributed by atoms with Crippen LogP contribution in [0.1, 0.15) is 29.8 Å². The summed E-state index contributed by atoms with van der Waals surface area (Å²) in [6, 6.07) is 26.8. The molecular formula is C35H33F2N5O6P+. The lowest BCUT2D eigenvalue weighted by atomic mass is 9.77. The van der Waals surface area contributed by atoms with Crippen molar-refractivity contribution >= 4 is 25.1 Å². The molecule has 1 fully saturated rings. The zero-order valence-corrected chi connectivity index (χ0v) is 27.7. The number of nitrogens with one attached hydrogen (secondary N) is 1. The number of terminal acetylenes is 1. The number of aliphatic hydroxyl groups is 1. The molecule has 1 saturated heterocycles. The molecule has 5 aromatic rings. The summed E-state index contributed by atoms with van der Waals surface area (Å²) >= 11 is 0. The Morgan fingerprint density at radius 3 is 2.20 bits per heavy atom. The molecule has 0 bridgehead atoms. The maximum Gasteiger partial charge on any atom is 0.505 e. The zero-order valence-electron chi connectivity index (χ0n) is 26.8. The van der Waals surface area contributed by atoms with Gasteiger partial charge >= 0.3 is 8.03 Å². The average molecular weight is 689 g/mol. The first-order valence-corrected chi connectivity index (χ1v) is 16.9. The van der Waals surface area contributed by atoms with Crippen LogP contribution in [0.25, 0.3) is 11.2 Å². The summed E-state index contributed by atoms with van der Waals surface area (Å²) in [7, 11) is -0.720. The van der Waals surface area contributed by atoms with E-state index in [9.17, 15) is 9.67 Å². The summed E-state index contributed by atoms with van der Waals surface area (Å²) in [4.78, 5) is 13.8. The molecule has 6 rings (SSSR count). The van der Waals surface area contributed by atoms with Crippen molar-refractivity contribution < 1.29 is 37.2 Å². The van der Waals surface area contributed by atoms with Crippen LogP contribution in [0.4, 0.5) is 14.7 Å². The number of ether oxygens (including phenoxy) is 3. The molecule has 0 aliphatic carbocycles. The van der Waals surface area contributed by atoms with Crippen LogP contribution in [0.2, 0.25) is 0 Å². The highest BCUT2D eigenvalue weighted by Gasteiger charge is 2.67. The second kappa shape index (κ2) is 13.5. The fraction of sp³-hybridized carbons (Fsp3) is 0.286. The molecule has 11 nitrogen and oxygen atoms in total. The highest BCUT2D eigenvalue weighted by molar-refractivity contribution is 7.38. The monoisotopic (exact) mass is 688 g/mol. The molecule has 14 heteroatoms. The minimum Gasteiger partial charge on any atom is -0.497 e. The number of alkyl halides is 2. The number of aromatic nitrogens is 4. The molecule has 3 heterocycles. The smallest absolute Gasteiger partial charge is 0.497 e. The molecule has 2 aromatic heterocycles. The summed E-state index contributed by atoms with van der Waals surface area (Å²) in [6.45, 7) is 2.09. The SMILES string of the molecule is C#C[C@]1(F)[C@H](n2cnc3c(OCC)nc(NC(c4ccccc4)(c4ccccc4)c4ccc(OC)cc4)nc32)O[C@](F)(CO[P+](C)=O)[C@H]1O. The predicted molar refractivity (Wildman–Crippen MR) is 178 cm³/mol. The molecule has 1 aliphatic rings. The number of hydrogen-bond donors (Lipinski definition) is 2. The van der Waals surface area contributed by atoms with Gasteiger partial charge in [0.05, 0.1) is 20.0 Å². The number of imidazole rings is 1. The van der Waals surface area contributed by atoms with Gasteiger partial charge in [-0.3, -0.25) is 4.57 Å². The van der Waals surface area contributed by atoms with Crippen LogP contribution in [-0.2, 0) is 19.4 Å². The average Bonchev–Trinajstić information content (AvgIpc) is 3.64. The number of anilines is 1. The molecule has 5 atom stereocenters. The van der Waals surface area contributed by atoms with E-state index in [0.29, 0.717) is 5.75 Å². The van der Waals surface area contributed by atoms with Crippen LogP contribution < -0.4 is 14.8 Å². The number of halogens is 2. The number of methoxy groups -OCH3 is 1. The lowest BCUT2D eigenvalue weighted by Crippen LogP contribution is -2.47. The van der Waals surface area contributed by atoms with Crippen molar-refractivity contribution in [1.29, 1.82) is 0 Å². The van der Waals surface area contributed by atoms with Gasteiger partial charge in [0, 0.05) is 0 Å². The Hall–Kier alpha value is -4.99. The molecule has 0 amide bonds. The molecular weight excluding hydrogens is 655 g/mol. The second-order valence-corrected chi connectivity index (χ2v) is 12.4. The Morgan fingerprint density at radius 2 is 1.65 bits per heavy atom. The molecule has 49 heavy (non-hydrogen) atoms. The first-order valence-electron chi connectivity index (χ1n) is 15.3. The van der Waals surface area contributed by atoms with Crippen LogP contribution >= 0.6 is 8.03 Å². The quantitative estimate of drug-likeness (QED) is 0.0926. The van der Waals surface area contributed by atoms with Gasteiger partial charge in [-0.1, -0.05) is 78.7 Å². The molecule has 1 aliphatic heterocycles. The standard InChI is InChI=1S/C35H33F2N5O6P/c1-5-33(36)30(43)34(37,21-47-49(4)44)48-31(33)42-22-38-27-28(42)39-32(40-29(27)46-6-2)41-35(23-13-9-7-10-14-23,24-15-11-8-12-16-24)25-17-19-26(45-3)20-18-25/h1,7-20,22,30-31,43H,6,21H2,2-4H3,(H,39,40,41)/q+1/t30-,31+,33+,34+/m0/s1. The van der Waals surface area contributed by atoms with Crippen molar-refractivity contribution in [2.75, 3.05) is 32.3 Å². The highest BCUT2D eigenvalue weighted by Crippen LogP contribution is 2.49. The van der Waals surface area contributed by atoms with Crippen LogP contribution in [0.5, 0.6) is 11.6 Å². The summed E-state index contributed by atoms with van der Waals surface area (Å²) in [5.74, 6) is -0.579. The van der Waals surface area contributed by atoms with Crippen molar-refractivity contribution in [2.45, 2.75) is 36.3 Å². The van der Waals surface area contributed by atoms with E-state index in [1.807, 2.05) is 90.8 Å². The van der Waals surface area contributed by atoms with Crippen LogP contribution in [0, 0.1) is 12.3 Å². The molecule has 0 saturated carbocycles. The van der Waals surface area contributed by atoms with E-state index in [-0.39, 0.29) is 29.6 Å². The van der Waals surface area contributed by atoms with Gasteiger partial charge in [-0.25, -0.2) is 13.8 Å². The summed E-state index contributed by atoms with van der Waals surface area (Å²) < 4.78 is 66.6. The second-order valence-electron chi connectivity index (χ2n) is 11.2. The summed E-state index contributed by atoms with van der Waals surface area (Å²) in [5.41, 5.74) is -1.70. The van der Waals surface area contributed by atoms with E-state index in [0.717, 1.165) is 27.6 Å². The molecule has 2 N–H and O–H groups in total. The minimum absolute atomic E-state index is 0.0303. The fourth-order valence-corrected chi connectivity index (χ4v) is 6.30. The molecule has 0 radical (unpaired) electrons. The van der Waals surface area contributed by atoms with Crippen molar-refractivity contribution in [3.63, 3.8) is 0 Å². The Labute approximate surface area is 282 Å². The van der Waals surface area contributed by atoms with E-state index in [4.69, 9.17) is 30.1 Å².